The average molecular weight is 402 g/mol. The molecular weight excluding hydrogens is 362 g/mol. The number of aliphatic imine (C=N–C) groups is 1. The van der Waals surface area contributed by atoms with Crippen LogP contribution in [0.5, 0.6) is 0 Å². The lowest BCUT2D eigenvalue weighted by Crippen LogP contribution is -2.43. The van der Waals surface area contributed by atoms with Gasteiger partial charge in [-0.15, -0.1) is 0 Å². The van der Waals surface area contributed by atoms with Gasteiger partial charge in [0.15, 0.2) is 5.96 Å². The van der Waals surface area contributed by atoms with Gasteiger partial charge in [0.2, 0.25) is 0 Å². The average Bonchev–Trinajstić information content (AvgIpc) is 2.71. The summed E-state index contributed by atoms with van der Waals surface area (Å²) in [5.74, 6) is 1.39. The van der Waals surface area contributed by atoms with Gasteiger partial charge in [-0.3, -0.25) is 4.99 Å². The van der Waals surface area contributed by atoms with E-state index in [1.165, 1.54) is 36.8 Å². The summed E-state index contributed by atoms with van der Waals surface area (Å²) < 4.78 is 11.5. The molecule has 0 spiro atoms. The smallest absolute Gasteiger partial charge is 0.191 e. The Bertz CT molecular complexity index is 640. The molecule has 2 unspecified atom stereocenters. The molecule has 0 amide bonds. The molecule has 5 nitrogen and oxygen atoms in total. The molecule has 0 aromatic heterocycles. The van der Waals surface area contributed by atoms with E-state index in [9.17, 15) is 0 Å². The Hall–Kier alpha value is -1.59. The summed E-state index contributed by atoms with van der Waals surface area (Å²) in [5.41, 5.74) is 2.92. The quantitative estimate of drug-likeness (QED) is 0.480. The summed E-state index contributed by atoms with van der Waals surface area (Å²) in [7, 11) is 1.79. The fraction of sp³-hybridized carbons (Fsp3) is 0.708. The molecule has 29 heavy (non-hydrogen) atoms. The Kier molecular flexibility index (Phi) is 8.37. The molecule has 1 saturated carbocycles. The maximum absolute atomic E-state index is 6.18. The predicted octanol–water partition coefficient (Wildman–Crippen LogP) is 4.22. The lowest BCUT2D eigenvalue weighted by molar-refractivity contribution is -0.0265. The van der Waals surface area contributed by atoms with Crippen molar-refractivity contribution in [2.45, 2.75) is 58.5 Å². The van der Waals surface area contributed by atoms with Gasteiger partial charge in [0, 0.05) is 45.9 Å². The zero-order chi connectivity index (χ0) is 20.5. The molecule has 1 aromatic rings. The Morgan fingerprint density at radius 1 is 1.21 bits per heavy atom. The molecule has 0 bridgehead atoms. The van der Waals surface area contributed by atoms with Crippen LogP contribution in [-0.2, 0) is 9.47 Å². The first kappa shape index (κ1) is 22.1. The van der Waals surface area contributed by atoms with Crippen LogP contribution in [0.4, 0.5) is 0 Å². The maximum Gasteiger partial charge on any atom is 0.191 e. The molecule has 1 saturated heterocycles. The predicted molar refractivity (Wildman–Crippen MR) is 119 cm³/mol. The SMILES string of the molecule is CCNC(=NCC1(CCOC)CCC1)NCC1CCCOC1c1ccc(C)cc1. The largest absolute Gasteiger partial charge is 0.385 e. The zero-order valence-electron chi connectivity index (χ0n) is 18.5. The fourth-order valence-electron chi connectivity index (χ4n) is 4.48. The van der Waals surface area contributed by atoms with Crippen molar-refractivity contribution in [2.24, 2.45) is 16.3 Å². The zero-order valence-corrected chi connectivity index (χ0v) is 18.5. The van der Waals surface area contributed by atoms with Gasteiger partial charge >= 0.3 is 0 Å². The second-order valence-electron chi connectivity index (χ2n) is 8.78. The molecule has 2 N–H and O–H groups in total. The molecule has 1 aliphatic carbocycles. The summed E-state index contributed by atoms with van der Waals surface area (Å²) in [6.07, 6.45) is 7.44. The fourth-order valence-corrected chi connectivity index (χ4v) is 4.48. The minimum Gasteiger partial charge on any atom is -0.385 e. The van der Waals surface area contributed by atoms with E-state index in [2.05, 4.69) is 48.7 Å². The van der Waals surface area contributed by atoms with Crippen LogP contribution in [0.3, 0.4) is 0 Å². The van der Waals surface area contributed by atoms with Crippen molar-refractivity contribution in [2.75, 3.05) is 40.0 Å². The van der Waals surface area contributed by atoms with Crippen LogP contribution in [0, 0.1) is 18.3 Å². The van der Waals surface area contributed by atoms with Crippen LogP contribution in [0.2, 0.25) is 0 Å². The molecule has 2 fully saturated rings. The van der Waals surface area contributed by atoms with E-state index in [0.29, 0.717) is 11.3 Å². The van der Waals surface area contributed by atoms with Crippen LogP contribution in [0.15, 0.2) is 29.3 Å². The lowest BCUT2D eigenvalue weighted by atomic mass is 9.67. The number of rotatable bonds is 9. The van der Waals surface area contributed by atoms with E-state index in [1.807, 2.05) is 0 Å². The molecular formula is C24H39N3O2. The van der Waals surface area contributed by atoms with Gasteiger partial charge in [-0.25, -0.2) is 0 Å². The van der Waals surface area contributed by atoms with Gasteiger partial charge in [0.25, 0.3) is 0 Å². The molecule has 3 rings (SSSR count). The number of guanidine groups is 1. The summed E-state index contributed by atoms with van der Waals surface area (Å²) in [6, 6.07) is 8.80. The Balaban J connectivity index is 1.59. The highest BCUT2D eigenvalue weighted by molar-refractivity contribution is 5.79. The minimum absolute atomic E-state index is 0.166. The Morgan fingerprint density at radius 3 is 2.66 bits per heavy atom. The van der Waals surface area contributed by atoms with Gasteiger partial charge in [0.05, 0.1) is 6.10 Å². The van der Waals surface area contributed by atoms with Crippen molar-refractivity contribution in [3.05, 3.63) is 35.4 Å². The van der Waals surface area contributed by atoms with Crippen molar-refractivity contribution >= 4 is 5.96 Å². The standard InChI is InChI=1S/C24H39N3O2/c1-4-25-23(27-18-24(12-6-13-24)14-16-28-3)26-17-21-7-5-15-29-22(21)20-10-8-19(2)9-11-20/h8-11,21-22H,4-7,12-18H2,1-3H3,(H2,25,26,27). The van der Waals surface area contributed by atoms with Gasteiger partial charge < -0.3 is 20.1 Å². The topological polar surface area (TPSA) is 54.9 Å². The highest BCUT2D eigenvalue weighted by atomic mass is 16.5. The van der Waals surface area contributed by atoms with E-state index in [0.717, 1.165) is 51.6 Å². The molecule has 1 aromatic carbocycles. The third kappa shape index (κ3) is 6.19. The van der Waals surface area contributed by atoms with Crippen LogP contribution in [0.1, 0.15) is 62.7 Å². The van der Waals surface area contributed by atoms with E-state index in [1.54, 1.807) is 7.11 Å². The van der Waals surface area contributed by atoms with Crippen LogP contribution in [-0.4, -0.2) is 45.9 Å². The van der Waals surface area contributed by atoms with Crippen LogP contribution >= 0.6 is 0 Å². The van der Waals surface area contributed by atoms with Crippen molar-refractivity contribution in [3.8, 4) is 0 Å². The van der Waals surface area contributed by atoms with Crippen molar-refractivity contribution < 1.29 is 9.47 Å². The highest BCUT2D eigenvalue weighted by Gasteiger charge is 2.36. The second kappa shape index (κ2) is 11.0. The van der Waals surface area contributed by atoms with Crippen LogP contribution < -0.4 is 10.6 Å². The van der Waals surface area contributed by atoms with Crippen molar-refractivity contribution in [3.63, 3.8) is 0 Å². The van der Waals surface area contributed by atoms with Crippen molar-refractivity contribution in [1.29, 1.82) is 0 Å². The first-order chi connectivity index (χ1) is 14.2. The maximum atomic E-state index is 6.18. The minimum atomic E-state index is 0.166. The van der Waals surface area contributed by atoms with E-state index >= 15 is 0 Å². The number of hydrogen-bond acceptors (Lipinski definition) is 3. The Labute approximate surface area is 176 Å². The lowest BCUT2D eigenvalue weighted by Gasteiger charge is -2.41. The monoisotopic (exact) mass is 401 g/mol. The number of aryl methyl sites for hydroxylation is 1. The first-order valence-electron chi connectivity index (χ1n) is 11.3. The van der Waals surface area contributed by atoms with Gasteiger partial charge in [-0.05, 0) is 56.9 Å². The molecule has 2 atom stereocenters. The third-order valence-electron chi connectivity index (χ3n) is 6.55. The van der Waals surface area contributed by atoms with E-state index in [-0.39, 0.29) is 6.10 Å². The van der Waals surface area contributed by atoms with E-state index < -0.39 is 0 Å². The van der Waals surface area contributed by atoms with Crippen LogP contribution in [0.25, 0.3) is 0 Å². The number of benzene rings is 1. The van der Waals surface area contributed by atoms with Gasteiger partial charge in [-0.2, -0.15) is 0 Å². The number of hydrogen-bond donors (Lipinski definition) is 2. The number of ether oxygens (including phenoxy) is 2. The molecule has 5 heteroatoms. The molecule has 0 radical (unpaired) electrons. The normalized spacial score (nSPS) is 24.0. The number of methoxy groups -OCH3 is 1. The molecule has 1 aliphatic heterocycles. The number of nitrogens with zero attached hydrogens (tertiary/aromatic N) is 1. The van der Waals surface area contributed by atoms with Crippen molar-refractivity contribution in [1.82, 2.24) is 10.6 Å². The second-order valence-corrected chi connectivity index (χ2v) is 8.78. The Morgan fingerprint density at radius 2 is 2.00 bits per heavy atom. The third-order valence-corrected chi connectivity index (χ3v) is 6.55. The summed E-state index contributed by atoms with van der Waals surface area (Å²) in [6.45, 7) is 8.58. The molecule has 2 aliphatic rings. The summed E-state index contributed by atoms with van der Waals surface area (Å²) >= 11 is 0. The molecule has 162 valence electrons. The molecule has 1 heterocycles. The number of nitrogens with one attached hydrogen (secondary N) is 2. The first-order valence-corrected chi connectivity index (χ1v) is 11.3. The summed E-state index contributed by atoms with van der Waals surface area (Å²) in [5, 5.41) is 7.03. The van der Waals surface area contributed by atoms with Gasteiger partial charge in [-0.1, -0.05) is 36.2 Å². The highest BCUT2D eigenvalue weighted by Crippen LogP contribution is 2.44. The summed E-state index contributed by atoms with van der Waals surface area (Å²) in [4.78, 5) is 4.95. The van der Waals surface area contributed by atoms with Gasteiger partial charge in [0.1, 0.15) is 0 Å². The van der Waals surface area contributed by atoms with E-state index in [4.69, 9.17) is 14.5 Å².